The van der Waals surface area contributed by atoms with Crippen LogP contribution in [0.4, 0.5) is 0 Å². The minimum atomic E-state index is -0.516. The Kier molecular flexibility index (Phi) is 3.07. The minimum Gasteiger partial charge on any atom is -0.465 e. The Morgan fingerprint density at radius 2 is 2.31 bits per heavy atom. The van der Waals surface area contributed by atoms with E-state index in [4.69, 9.17) is 15.3 Å². The normalized spacial score (nSPS) is 18.7. The molecule has 84 valence electrons. The SMILES string of the molecule is NNC(=O)C1=COC=C(C2=CC=CCC2)O1. The second-order valence-corrected chi connectivity index (χ2v) is 3.33. The average molecular weight is 220 g/mol. The van der Waals surface area contributed by atoms with Crippen LogP contribution in [0.2, 0.25) is 0 Å². The van der Waals surface area contributed by atoms with Crippen LogP contribution in [0.15, 0.2) is 47.8 Å². The molecule has 1 amide bonds. The van der Waals surface area contributed by atoms with Gasteiger partial charge in [0.15, 0.2) is 5.76 Å². The Morgan fingerprint density at radius 1 is 1.44 bits per heavy atom. The molecule has 0 aromatic carbocycles. The summed E-state index contributed by atoms with van der Waals surface area (Å²) >= 11 is 0. The van der Waals surface area contributed by atoms with Crippen molar-refractivity contribution in [2.75, 3.05) is 0 Å². The molecular formula is C11H12N2O3. The lowest BCUT2D eigenvalue weighted by atomic mass is 10.0. The van der Waals surface area contributed by atoms with Crippen molar-refractivity contribution >= 4 is 5.91 Å². The third kappa shape index (κ3) is 2.14. The van der Waals surface area contributed by atoms with E-state index in [0.717, 1.165) is 18.4 Å². The second-order valence-electron chi connectivity index (χ2n) is 3.33. The first-order valence-electron chi connectivity index (χ1n) is 4.92. The summed E-state index contributed by atoms with van der Waals surface area (Å²) in [5.74, 6) is 5.09. The summed E-state index contributed by atoms with van der Waals surface area (Å²) in [6.45, 7) is 0. The van der Waals surface area contributed by atoms with E-state index in [1.165, 1.54) is 12.5 Å². The van der Waals surface area contributed by atoms with Gasteiger partial charge in [0, 0.05) is 0 Å². The highest BCUT2D eigenvalue weighted by molar-refractivity contribution is 5.91. The molecule has 0 spiro atoms. The summed E-state index contributed by atoms with van der Waals surface area (Å²) in [6.07, 6.45) is 10.4. The number of hydrogen-bond donors (Lipinski definition) is 2. The second kappa shape index (κ2) is 4.67. The van der Waals surface area contributed by atoms with Gasteiger partial charge in [0.05, 0.1) is 0 Å². The van der Waals surface area contributed by atoms with Gasteiger partial charge < -0.3 is 9.47 Å². The van der Waals surface area contributed by atoms with E-state index in [-0.39, 0.29) is 5.76 Å². The fraction of sp³-hybridized carbons (Fsp3) is 0.182. The van der Waals surface area contributed by atoms with Gasteiger partial charge in [-0.2, -0.15) is 0 Å². The van der Waals surface area contributed by atoms with Crippen LogP contribution in [0, 0.1) is 0 Å². The summed E-state index contributed by atoms with van der Waals surface area (Å²) in [5.41, 5.74) is 2.98. The maximum Gasteiger partial charge on any atom is 0.304 e. The zero-order valence-electron chi connectivity index (χ0n) is 8.60. The fourth-order valence-electron chi connectivity index (χ4n) is 1.44. The lowest BCUT2D eigenvalue weighted by molar-refractivity contribution is -0.120. The molecule has 0 aromatic heterocycles. The molecule has 0 radical (unpaired) electrons. The number of carbonyl (C=O) groups is 1. The minimum absolute atomic E-state index is 0.0513. The lowest BCUT2D eigenvalue weighted by Gasteiger charge is -2.18. The molecule has 5 nitrogen and oxygen atoms in total. The van der Waals surface area contributed by atoms with Gasteiger partial charge in [0.25, 0.3) is 0 Å². The average Bonchev–Trinajstić information content (AvgIpc) is 2.39. The third-order valence-corrected chi connectivity index (χ3v) is 2.26. The Morgan fingerprint density at radius 3 is 3.00 bits per heavy atom. The van der Waals surface area contributed by atoms with Gasteiger partial charge in [-0.15, -0.1) is 0 Å². The molecule has 0 bridgehead atoms. The number of ether oxygens (including phenoxy) is 2. The third-order valence-electron chi connectivity index (χ3n) is 2.26. The van der Waals surface area contributed by atoms with Gasteiger partial charge in [-0.05, 0) is 18.4 Å². The van der Waals surface area contributed by atoms with Gasteiger partial charge in [0.2, 0.25) is 5.76 Å². The number of amides is 1. The highest BCUT2D eigenvalue weighted by Crippen LogP contribution is 2.25. The maximum atomic E-state index is 11.2. The zero-order chi connectivity index (χ0) is 11.4. The van der Waals surface area contributed by atoms with Crippen LogP contribution >= 0.6 is 0 Å². The number of hydrazine groups is 1. The molecule has 2 rings (SSSR count). The topological polar surface area (TPSA) is 73.6 Å². The highest BCUT2D eigenvalue weighted by atomic mass is 16.5. The Hall–Kier alpha value is -2.01. The molecule has 0 unspecified atom stereocenters. The van der Waals surface area contributed by atoms with Crippen LogP contribution in [0.25, 0.3) is 0 Å². The fourth-order valence-corrected chi connectivity index (χ4v) is 1.44. The summed E-state index contributed by atoms with van der Waals surface area (Å²) in [4.78, 5) is 11.2. The smallest absolute Gasteiger partial charge is 0.304 e. The quantitative estimate of drug-likeness (QED) is 0.413. The van der Waals surface area contributed by atoms with E-state index in [2.05, 4.69) is 6.08 Å². The molecule has 1 heterocycles. The van der Waals surface area contributed by atoms with Crippen LogP contribution in [-0.2, 0) is 14.3 Å². The van der Waals surface area contributed by atoms with Crippen molar-refractivity contribution in [2.45, 2.75) is 12.8 Å². The van der Waals surface area contributed by atoms with Gasteiger partial charge in [0.1, 0.15) is 12.5 Å². The molecule has 0 atom stereocenters. The first kappa shape index (κ1) is 10.5. The van der Waals surface area contributed by atoms with Crippen LogP contribution in [0.1, 0.15) is 12.8 Å². The number of nitrogens with two attached hydrogens (primary N) is 1. The molecule has 5 heteroatoms. The first-order chi connectivity index (χ1) is 7.81. The number of rotatable bonds is 2. The van der Waals surface area contributed by atoms with Gasteiger partial charge >= 0.3 is 5.91 Å². The number of carbonyl (C=O) groups excluding carboxylic acids is 1. The Labute approximate surface area is 92.9 Å². The monoisotopic (exact) mass is 220 g/mol. The van der Waals surface area contributed by atoms with E-state index < -0.39 is 5.91 Å². The van der Waals surface area contributed by atoms with Crippen molar-refractivity contribution in [1.82, 2.24) is 5.43 Å². The van der Waals surface area contributed by atoms with E-state index in [0.29, 0.717) is 5.76 Å². The molecule has 0 aromatic rings. The molecule has 16 heavy (non-hydrogen) atoms. The summed E-state index contributed by atoms with van der Waals surface area (Å²) in [6, 6.07) is 0. The molecular weight excluding hydrogens is 208 g/mol. The highest BCUT2D eigenvalue weighted by Gasteiger charge is 2.19. The summed E-state index contributed by atoms with van der Waals surface area (Å²) in [7, 11) is 0. The molecule has 0 fully saturated rings. The molecule has 0 saturated heterocycles. The van der Waals surface area contributed by atoms with Crippen molar-refractivity contribution in [3.8, 4) is 0 Å². The van der Waals surface area contributed by atoms with Crippen LogP contribution in [0.5, 0.6) is 0 Å². The predicted molar refractivity (Wildman–Crippen MR) is 57.1 cm³/mol. The molecule has 1 aliphatic carbocycles. The molecule has 0 saturated carbocycles. The Balaban J connectivity index is 2.09. The van der Waals surface area contributed by atoms with E-state index >= 15 is 0 Å². The van der Waals surface area contributed by atoms with E-state index in [1.54, 1.807) is 0 Å². The van der Waals surface area contributed by atoms with Crippen LogP contribution in [-0.4, -0.2) is 5.91 Å². The number of hydrogen-bond acceptors (Lipinski definition) is 4. The van der Waals surface area contributed by atoms with E-state index in [9.17, 15) is 4.79 Å². The molecule has 1 aliphatic heterocycles. The van der Waals surface area contributed by atoms with Gasteiger partial charge in [-0.1, -0.05) is 18.2 Å². The summed E-state index contributed by atoms with van der Waals surface area (Å²) < 4.78 is 10.4. The van der Waals surface area contributed by atoms with Gasteiger partial charge in [-0.25, -0.2) is 5.84 Å². The van der Waals surface area contributed by atoms with Crippen LogP contribution in [0.3, 0.4) is 0 Å². The standard InChI is InChI=1S/C11H12N2O3/c12-13-11(14)10-7-15-6-9(16-10)8-4-2-1-3-5-8/h1-2,4,6-7H,3,5,12H2,(H,13,14). The van der Waals surface area contributed by atoms with Gasteiger partial charge in [-0.3, -0.25) is 10.2 Å². The van der Waals surface area contributed by atoms with Crippen molar-refractivity contribution < 1.29 is 14.3 Å². The van der Waals surface area contributed by atoms with Crippen molar-refractivity contribution in [3.05, 3.63) is 47.8 Å². The van der Waals surface area contributed by atoms with Crippen LogP contribution < -0.4 is 11.3 Å². The maximum absolute atomic E-state index is 11.2. The molecule has 2 aliphatic rings. The summed E-state index contributed by atoms with van der Waals surface area (Å²) in [5, 5.41) is 0. The first-order valence-corrected chi connectivity index (χ1v) is 4.92. The molecule has 3 N–H and O–H groups in total. The zero-order valence-corrected chi connectivity index (χ0v) is 8.60. The van der Waals surface area contributed by atoms with Crippen molar-refractivity contribution in [1.29, 1.82) is 0 Å². The number of nitrogens with one attached hydrogen (secondary N) is 1. The predicted octanol–water partition coefficient (Wildman–Crippen LogP) is 0.982. The Bertz CT molecular complexity index is 419. The van der Waals surface area contributed by atoms with Crippen molar-refractivity contribution in [3.63, 3.8) is 0 Å². The van der Waals surface area contributed by atoms with Crippen molar-refractivity contribution in [2.24, 2.45) is 5.84 Å². The van der Waals surface area contributed by atoms with E-state index in [1.807, 2.05) is 17.6 Å². The number of allylic oxidation sites excluding steroid dienone is 4. The largest absolute Gasteiger partial charge is 0.465 e. The lowest BCUT2D eigenvalue weighted by Crippen LogP contribution is -2.32.